The predicted molar refractivity (Wildman–Crippen MR) is 71.8 cm³/mol. The van der Waals surface area contributed by atoms with E-state index in [-0.39, 0.29) is 17.9 Å². The number of aliphatic hydroxyl groups excluding tert-OH is 1. The minimum absolute atomic E-state index is 0.0377. The van der Waals surface area contributed by atoms with Crippen LogP contribution >= 0.6 is 0 Å². The third-order valence-electron chi connectivity index (χ3n) is 4.34. The van der Waals surface area contributed by atoms with Crippen LogP contribution in [0, 0.1) is 0 Å². The maximum Gasteiger partial charge on any atom is 0.217 e. The number of sulfonamides is 1. The lowest BCUT2D eigenvalue weighted by Gasteiger charge is -2.37. The molecule has 2 rings (SSSR count). The van der Waals surface area contributed by atoms with Gasteiger partial charge < -0.3 is 5.11 Å². The van der Waals surface area contributed by atoms with Crippen LogP contribution in [-0.2, 0) is 10.0 Å². The summed E-state index contributed by atoms with van der Waals surface area (Å²) in [6.07, 6.45) is 8.46. The molecule has 0 amide bonds. The first-order valence-electron chi connectivity index (χ1n) is 7.28. The van der Waals surface area contributed by atoms with Gasteiger partial charge in [0.1, 0.15) is 0 Å². The Kier molecular flexibility index (Phi) is 5.04. The molecule has 0 bridgehead atoms. The second-order valence-corrected chi connectivity index (χ2v) is 7.74. The highest BCUT2D eigenvalue weighted by molar-refractivity contribution is 7.89. The van der Waals surface area contributed by atoms with Gasteiger partial charge in [-0.25, -0.2) is 8.42 Å². The van der Waals surface area contributed by atoms with E-state index in [2.05, 4.69) is 0 Å². The number of piperidine rings is 1. The molecule has 1 aliphatic carbocycles. The summed E-state index contributed by atoms with van der Waals surface area (Å²) in [7, 11) is -3.13. The van der Waals surface area contributed by atoms with Crippen molar-refractivity contribution in [3.63, 3.8) is 0 Å². The highest BCUT2D eigenvalue weighted by Gasteiger charge is 2.37. The minimum Gasteiger partial charge on any atom is -0.396 e. The zero-order valence-electron chi connectivity index (χ0n) is 11.1. The normalized spacial score (nSPS) is 28.4. The van der Waals surface area contributed by atoms with Gasteiger partial charge in [-0.3, -0.25) is 0 Å². The van der Waals surface area contributed by atoms with E-state index < -0.39 is 10.0 Å². The lowest BCUT2D eigenvalue weighted by Crippen LogP contribution is -2.48. The third-order valence-corrected chi connectivity index (χ3v) is 6.78. The SMILES string of the molecule is O=S(=O)(C1CCCCC1)N1CCCCC1CCO. The van der Waals surface area contributed by atoms with E-state index >= 15 is 0 Å². The monoisotopic (exact) mass is 275 g/mol. The largest absolute Gasteiger partial charge is 0.396 e. The summed E-state index contributed by atoms with van der Waals surface area (Å²) >= 11 is 0. The molecular formula is C13H25NO3S. The molecule has 5 heteroatoms. The first-order valence-corrected chi connectivity index (χ1v) is 8.78. The second-order valence-electron chi connectivity index (χ2n) is 5.58. The lowest BCUT2D eigenvalue weighted by molar-refractivity contribution is 0.190. The maximum atomic E-state index is 12.7. The Morgan fingerprint density at radius 1 is 1.00 bits per heavy atom. The van der Waals surface area contributed by atoms with Crippen molar-refractivity contribution in [2.24, 2.45) is 0 Å². The van der Waals surface area contributed by atoms with Gasteiger partial charge in [-0.15, -0.1) is 0 Å². The zero-order chi connectivity index (χ0) is 13.0. The maximum absolute atomic E-state index is 12.7. The van der Waals surface area contributed by atoms with E-state index in [0.717, 1.165) is 44.9 Å². The molecule has 2 fully saturated rings. The Bertz CT molecular complexity index is 347. The van der Waals surface area contributed by atoms with Gasteiger partial charge in [0.15, 0.2) is 0 Å². The summed E-state index contributed by atoms with van der Waals surface area (Å²) in [6.45, 7) is 0.741. The molecule has 4 nitrogen and oxygen atoms in total. The van der Waals surface area contributed by atoms with Crippen molar-refractivity contribution in [2.45, 2.75) is 69.1 Å². The fraction of sp³-hybridized carbons (Fsp3) is 1.00. The van der Waals surface area contributed by atoms with Gasteiger partial charge in [0.2, 0.25) is 10.0 Å². The highest BCUT2D eigenvalue weighted by atomic mass is 32.2. The molecule has 1 N–H and O–H groups in total. The van der Waals surface area contributed by atoms with Crippen LogP contribution in [0.15, 0.2) is 0 Å². The molecule has 1 unspecified atom stereocenters. The molecule has 0 spiro atoms. The first kappa shape index (κ1) is 14.3. The van der Waals surface area contributed by atoms with Crippen LogP contribution in [0.5, 0.6) is 0 Å². The van der Waals surface area contributed by atoms with E-state index in [0.29, 0.717) is 13.0 Å². The van der Waals surface area contributed by atoms with Crippen LogP contribution in [0.2, 0.25) is 0 Å². The van der Waals surface area contributed by atoms with Gasteiger partial charge in [0.25, 0.3) is 0 Å². The molecule has 106 valence electrons. The van der Waals surface area contributed by atoms with Crippen molar-refractivity contribution < 1.29 is 13.5 Å². The van der Waals surface area contributed by atoms with Crippen LogP contribution in [-0.4, -0.2) is 42.3 Å². The van der Waals surface area contributed by atoms with Crippen molar-refractivity contribution in [1.82, 2.24) is 4.31 Å². The molecule has 1 atom stereocenters. The summed E-state index contributed by atoms with van der Waals surface area (Å²) in [4.78, 5) is 0. The molecule has 0 radical (unpaired) electrons. The topological polar surface area (TPSA) is 57.6 Å². The summed E-state index contributed by atoms with van der Waals surface area (Å²) in [6, 6.07) is 0.0377. The molecular weight excluding hydrogens is 250 g/mol. The molecule has 1 aliphatic heterocycles. The number of rotatable bonds is 4. The van der Waals surface area contributed by atoms with Crippen molar-refractivity contribution in [3.05, 3.63) is 0 Å². The highest BCUT2D eigenvalue weighted by Crippen LogP contribution is 2.30. The summed E-state index contributed by atoms with van der Waals surface area (Å²) in [5.74, 6) is 0. The van der Waals surface area contributed by atoms with Crippen molar-refractivity contribution in [2.75, 3.05) is 13.2 Å². The fourth-order valence-corrected chi connectivity index (χ4v) is 5.62. The second kappa shape index (κ2) is 6.35. The molecule has 1 heterocycles. The standard InChI is InChI=1S/C13H25NO3S/c15-11-9-12-6-4-5-10-14(12)18(16,17)13-7-2-1-3-8-13/h12-13,15H,1-11H2. The van der Waals surface area contributed by atoms with Gasteiger partial charge in [-0.2, -0.15) is 4.31 Å². The third kappa shape index (κ3) is 3.06. The van der Waals surface area contributed by atoms with Gasteiger partial charge >= 0.3 is 0 Å². The van der Waals surface area contributed by atoms with E-state index in [1.807, 2.05) is 0 Å². The molecule has 1 saturated carbocycles. The van der Waals surface area contributed by atoms with Crippen molar-refractivity contribution >= 4 is 10.0 Å². The number of hydrogen-bond acceptors (Lipinski definition) is 3. The van der Waals surface area contributed by atoms with Gasteiger partial charge in [0.05, 0.1) is 5.25 Å². The zero-order valence-corrected chi connectivity index (χ0v) is 11.9. The Balaban J connectivity index is 2.10. The Hall–Kier alpha value is -0.130. The van der Waals surface area contributed by atoms with Crippen LogP contribution in [0.4, 0.5) is 0 Å². The first-order chi connectivity index (χ1) is 8.66. The minimum atomic E-state index is -3.13. The van der Waals surface area contributed by atoms with E-state index in [1.165, 1.54) is 6.42 Å². The summed E-state index contributed by atoms with van der Waals surface area (Å²) < 4.78 is 27.1. The van der Waals surface area contributed by atoms with Gasteiger partial charge in [-0.05, 0) is 32.1 Å². The average Bonchev–Trinajstić information content (AvgIpc) is 2.41. The molecule has 0 aromatic carbocycles. The molecule has 2 aliphatic rings. The number of aliphatic hydroxyl groups is 1. The lowest BCUT2D eigenvalue weighted by atomic mass is 10.0. The van der Waals surface area contributed by atoms with E-state index in [9.17, 15) is 8.42 Å². The quantitative estimate of drug-likeness (QED) is 0.852. The van der Waals surface area contributed by atoms with Crippen LogP contribution < -0.4 is 0 Å². The number of hydrogen-bond donors (Lipinski definition) is 1. The molecule has 0 aromatic heterocycles. The van der Waals surface area contributed by atoms with Crippen molar-refractivity contribution in [1.29, 1.82) is 0 Å². The van der Waals surface area contributed by atoms with E-state index in [4.69, 9.17) is 5.11 Å². The molecule has 1 saturated heterocycles. The number of nitrogens with zero attached hydrogens (tertiary/aromatic N) is 1. The predicted octanol–water partition coefficient (Wildman–Crippen LogP) is 1.89. The molecule has 0 aromatic rings. The smallest absolute Gasteiger partial charge is 0.217 e. The Morgan fingerprint density at radius 2 is 1.67 bits per heavy atom. The van der Waals surface area contributed by atoms with Crippen LogP contribution in [0.25, 0.3) is 0 Å². The van der Waals surface area contributed by atoms with E-state index in [1.54, 1.807) is 4.31 Å². The molecule has 18 heavy (non-hydrogen) atoms. The Morgan fingerprint density at radius 3 is 2.33 bits per heavy atom. The summed E-state index contributed by atoms with van der Waals surface area (Å²) in [5.41, 5.74) is 0. The van der Waals surface area contributed by atoms with Crippen LogP contribution in [0.1, 0.15) is 57.8 Å². The van der Waals surface area contributed by atoms with Crippen LogP contribution in [0.3, 0.4) is 0 Å². The van der Waals surface area contributed by atoms with Gasteiger partial charge in [-0.1, -0.05) is 25.7 Å². The van der Waals surface area contributed by atoms with Gasteiger partial charge in [0, 0.05) is 19.2 Å². The average molecular weight is 275 g/mol. The Labute approximate surface area is 110 Å². The van der Waals surface area contributed by atoms with Crippen molar-refractivity contribution in [3.8, 4) is 0 Å². The summed E-state index contributed by atoms with van der Waals surface area (Å²) in [5, 5.41) is 8.93. The fourth-order valence-electron chi connectivity index (χ4n) is 3.30.